The van der Waals surface area contributed by atoms with Crippen LogP contribution in [0.1, 0.15) is 31.9 Å². The molecule has 2 aliphatic heterocycles. The molecule has 6 heteroatoms. The smallest absolute Gasteiger partial charge is 0.225 e. The summed E-state index contributed by atoms with van der Waals surface area (Å²) in [5.74, 6) is 0.396. The van der Waals surface area contributed by atoms with Crippen LogP contribution in [0, 0.1) is 5.92 Å². The fourth-order valence-electron chi connectivity index (χ4n) is 3.12. The highest BCUT2D eigenvalue weighted by atomic mass is 16.5. The number of amides is 2. The number of nitrogens with zero attached hydrogens (tertiary/aromatic N) is 1. The molecule has 0 saturated carbocycles. The summed E-state index contributed by atoms with van der Waals surface area (Å²) in [6.45, 7) is 3.61. The molecule has 2 fully saturated rings. The number of hydrogen-bond acceptors (Lipinski definition) is 4. The second kappa shape index (κ2) is 6.52. The monoisotopic (exact) mass is 306 g/mol. The molecule has 3 heterocycles. The number of hydrogen-bond donors (Lipinski definition) is 1. The van der Waals surface area contributed by atoms with E-state index in [-0.39, 0.29) is 36.3 Å². The third-order valence-electron chi connectivity index (χ3n) is 4.40. The Bertz CT molecular complexity index is 522. The van der Waals surface area contributed by atoms with Gasteiger partial charge in [0.1, 0.15) is 5.76 Å². The van der Waals surface area contributed by atoms with Gasteiger partial charge < -0.3 is 19.4 Å². The van der Waals surface area contributed by atoms with Gasteiger partial charge in [-0.1, -0.05) is 0 Å². The highest BCUT2D eigenvalue weighted by Crippen LogP contribution is 2.22. The maximum absolute atomic E-state index is 12.3. The van der Waals surface area contributed by atoms with Gasteiger partial charge in [0, 0.05) is 19.6 Å². The molecule has 2 saturated heterocycles. The van der Waals surface area contributed by atoms with E-state index < -0.39 is 0 Å². The number of carbonyl (C=O) groups is 2. The van der Waals surface area contributed by atoms with Gasteiger partial charge in [-0.05, 0) is 31.9 Å². The predicted molar refractivity (Wildman–Crippen MR) is 78.8 cm³/mol. The van der Waals surface area contributed by atoms with Crippen LogP contribution in [0.4, 0.5) is 0 Å². The highest BCUT2D eigenvalue weighted by Gasteiger charge is 2.36. The minimum Gasteiger partial charge on any atom is -0.467 e. The van der Waals surface area contributed by atoms with Crippen LogP contribution in [0.5, 0.6) is 0 Å². The summed E-state index contributed by atoms with van der Waals surface area (Å²) in [4.78, 5) is 26.1. The van der Waals surface area contributed by atoms with Gasteiger partial charge in [-0.2, -0.15) is 0 Å². The molecule has 2 aliphatic rings. The lowest BCUT2D eigenvalue weighted by atomic mass is 10.1. The number of rotatable bonds is 5. The van der Waals surface area contributed by atoms with Crippen molar-refractivity contribution >= 4 is 11.8 Å². The second-order valence-electron chi connectivity index (χ2n) is 6.10. The van der Waals surface area contributed by atoms with Crippen molar-refractivity contribution in [3.8, 4) is 0 Å². The van der Waals surface area contributed by atoms with Crippen molar-refractivity contribution in [2.45, 2.75) is 44.9 Å². The molecule has 120 valence electrons. The summed E-state index contributed by atoms with van der Waals surface area (Å²) < 4.78 is 10.8. The second-order valence-corrected chi connectivity index (χ2v) is 6.10. The topological polar surface area (TPSA) is 71.8 Å². The first-order valence-electron chi connectivity index (χ1n) is 7.85. The zero-order valence-electron chi connectivity index (χ0n) is 12.8. The highest BCUT2D eigenvalue weighted by molar-refractivity contribution is 5.89. The first-order valence-corrected chi connectivity index (χ1v) is 7.85. The number of likely N-dealkylation sites (tertiary alicyclic amines) is 1. The van der Waals surface area contributed by atoms with Crippen LogP contribution >= 0.6 is 0 Å². The van der Waals surface area contributed by atoms with Crippen LogP contribution in [0.3, 0.4) is 0 Å². The average Bonchev–Trinajstić information content (AvgIpc) is 3.22. The predicted octanol–water partition coefficient (Wildman–Crippen LogP) is 1.31. The maximum atomic E-state index is 12.3. The number of furan rings is 1. The van der Waals surface area contributed by atoms with Gasteiger partial charge in [0.25, 0.3) is 0 Å². The average molecular weight is 306 g/mol. The van der Waals surface area contributed by atoms with Gasteiger partial charge >= 0.3 is 0 Å². The normalized spacial score (nSPS) is 26.4. The molecular formula is C16H22N2O4. The molecule has 1 aromatic heterocycles. The van der Waals surface area contributed by atoms with Gasteiger partial charge in [0.15, 0.2) is 0 Å². The lowest BCUT2D eigenvalue weighted by Gasteiger charge is -2.22. The Hall–Kier alpha value is -1.82. The van der Waals surface area contributed by atoms with E-state index in [1.165, 1.54) is 0 Å². The van der Waals surface area contributed by atoms with E-state index in [9.17, 15) is 9.59 Å². The van der Waals surface area contributed by atoms with Crippen molar-refractivity contribution < 1.29 is 18.7 Å². The quantitative estimate of drug-likeness (QED) is 0.890. The minimum absolute atomic E-state index is 0.00122. The lowest BCUT2D eigenvalue weighted by Crippen LogP contribution is -2.44. The molecule has 0 aliphatic carbocycles. The molecule has 1 aromatic rings. The Kier molecular flexibility index (Phi) is 4.47. The molecule has 3 atom stereocenters. The van der Waals surface area contributed by atoms with E-state index in [1.54, 1.807) is 17.2 Å². The van der Waals surface area contributed by atoms with Gasteiger partial charge in [-0.15, -0.1) is 0 Å². The van der Waals surface area contributed by atoms with Crippen LogP contribution in [0.15, 0.2) is 22.8 Å². The SMILES string of the molecule is C[C@H](NC(=O)[C@@H]1CC(=O)N(Cc2ccco2)C1)[C@@H]1CCCO1. The Morgan fingerprint density at radius 3 is 3.09 bits per heavy atom. The van der Waals surface area contributed by atoms with Crippen molar-refractivity contribution in [2.75, 3.05) is 13.2 Å². The van der Waals surface area contributed by atoms with Crippen molar-refractivity contribution in [1.82, 2.24) is 10.2 Å². The first-order chi connectivity index (χ1) is 10.6. The van der Waals surface area contributed by atoms with Gasteiger partial charge in [0.05, 0.1) is 30.9 Å². The van der Waals surface area contributed by atoms with Crippen molar-refractivity contribution in [1.29, 1.82) is 0 Å². The standard InChI is InChI=1S/C16H22N2O4/c1-11(14-5-3-7-22-14)17-16(20)12-8-15(19)18(9-12)10-13-4-2-6-21-13/h2,4,6,11-12,14H,3,5,7-10H2,1H3,(H,17,20)/t11-,12+,14-/m0/s1. The van der Waals surface area contributed by atoms with E-state index >= 15 is 0 Å². The van der Waals surface area contributed by atoms with Gasteiger partial charge in [-0.25, -0.2) is 0 Å². The van der Waals surface area contributed by atoms with E-state index in [2.05, 4.69) is 5.32 Å². The van der Waals surface area contributed by atoms with Crippen LogP contribution < -0.4 is 5.32 Å². The van der Waals surface area contributed by atoms with E-state index in [0.29, 0.717) is 13.1 Å². The third kappa shape index (κ3) is 3.32. The summed E-state index contributed by atoms with van der Waals surface area (Å²) >= 11 is 0. The molecule has 0 spiro atoms. The molecule has 22 heavy (non-hydrogen) atoms. The van der Waals surface area contributed by atoms with Crippen molar-refractivity contribution in [3.05, 3.63) is 24.2 Å². The molecule has 0 unspecified atom stereocenters. The van der Waals surface area contributed by atoms with E-state index in [4.69, 9.17) is 9.15 Å². The summed E-state index contributed by atoms with van der Waals surface area (Å²) in [5.41, 5.74) is 0. The molecule has 6 nitrogen and oxygen atoms in total. The Balaban J connectivity index is 1.52. The fraction of sp³-hybridized carbons (Fsp3) is 0.625. The molecule has 2 amide bonds. The number of ether oxygens (including phenoxy) is 1. The largest absolute Gasteiger partial charge is 0.467 e. The maximum Gasteiger partial charge on any atom is 0.225 e. The third-order valence-corrected chi connectivity index (χ3v) is 4.40. The molecule has 0 radical (unpaired) electrons. The zero-order valence-corrected chi connectivity index (χ0v) is 12.8. The first kappa shape index (κ1) is 15.1. The molecule has 3 rings (SSSR count). The molecule has 0 aromatic carbocycles. The Labute approximate surface area is 129 Å². The summed E-state index contributed by atoms with van der Waals surface area (Å²) in [7, 11) is 0. The zero-order chi connectivity index (χ0) is 15.5. The summed E-state index contributed by atoms with van der Waals surface area (Å²) in [6.07, 6.45) is 3.98. The fourth-order valence-corrected chi connectivity index (χ4v) is 3.12. The van der Waals surface area contributed by atoms with Crippen LogP contribution in [0.2, 0.25) is 0 Å². The number of nitrogens with one attached hydrogen (secondary N) is 1. The van der Waals surface area contributed by atoms with Crippen LogP contribution in [-0.4, -0.2) is 42.0 Å². The molecular weight excluding hydrogens is 284 g/mol. The molecule has 1 N–H and O–H groups in total. The van der Waals surface area contributed by atoms with Crippen LogP contribution in [0.25, 0.3) is 0 Å². The number of carbonyl (C=O) groups excluding carboxylic acids is 2. The van der Waals surface area contributed by atoms with Crippen molar-refractivity contribution in [2.24, 2.45) is 5.92 Å². The summed E-state index contributed by atoms with van der Waals surface area (Å²) in [5, 5.41) is 3.00. The molecule has 0 bridgehead atoms. The van der Waals surface area contributed by atoms with Crippen molar-refractivity contribution in [3.63, 3.8) is 0 Å². The summed E-state index contributed by atoms with van der Waals surface area (Å²) in [6, 6.07) is 3.62. The van der Waals surface area contributed by atoms with Gasteiger partial charge in [0.2, 0.25) is 11.8 Å². The van der Waals surface area contributed by atoms with Crippen LogP contribution in [-0.2, 0) is 20.9 Å². The van der Waals surface area contributed by atoms with E-state index in [0.717, 1.165) is 25.2 Å². The minimum atomic E-state index is -0.286. The Morgan fingerprint density at radius 2 is 2.41 bits per heavy atom. The van der Waals surface area contributed by atoms with E-state index in [1.807, 2.05) is 13.0 Å². The lowest BCUT2D eigenvalue weighted by molar-refractivity contribution is -0.129. The Morgan fingerprint density at radius 1 is 1.55 bits per heavy atom. The van der Waals surface area contributed by atoms with Gasteiger partial charge in [-0.3, -0.25) is 9.59 Å².